The number of hydrogen-bond donors (Lipinski definition) is 2. The number of anilines is 1. The Hall–Kier alpha value is -4.39. The minimum atomic E-state index is -0.852. The van der Waals surface area contributed by atoms with Gasteiger partial charge in [-0.2, -0.15) is 0 Å². The Kier molecular flexibility index (Phi) is 6.73. The van der Waals surface area contributed by atoms with Crippen LogP contribution in [-0.4, -0.2) is 26.7 Å². The van der Waals surface area contributed by atoms with Crippen LogP contribution in [0.3, 0.4) is 0 Å². The number of aliphatic carboxylic acids is 1. The molecule has 1 aromatic heterocycles. The summed E-state index contributed by atoms with van der Waals surface area (Å²) in [6.45, 7) is 1.83. The molecule has 0 aliphatic heterocycles. The Morgan fingerprint density at radius 3 is 2.15 bits per heavy atom. The number of rotatable bonds is 7. The number of amides is 1. The van der Waals surface area contributed by atoms with Crippen molar-refractivity contribution >= 4 is 17.9 Å². The maximum atomic E-state index is 12.6. The fourth-order valence-electron chi connectivity index (χ4n) is 3.68. The van der Waals surface area contributed by atoms with E-state index in [9.17, 15) is 9.59 Å². The van der Waals surface area contributed by atoms with Gasteiger partial charge in [-0.3, -0.25) is 10.1 Å². The average Bonchev–Trinajstić information content (AvgIpc) is 3.19. The Bertz CT molecular complexity index is 1280. The average molecular weight is 456 g/mol. The summed E-state index contributed by atoms with van der Waals surface area (Å²) in [5.74, 6) is -0.314. The molecule has 0 unspecified atom stereocenters. The van der Waals surface area contributed by atoms with Crippen molar-refractivity contribution in [1.29, 1.82) is 0 Å². The van der Waals surface area contributed by atoms with E-state index in [1.165, 1.54) is 0 Å². The number of imidazole rings is 1. The number of carbonyl (C=O) groups excluding carboxylic acids is 1. The number of carboxylic acid groups (broad SMARTS) is 1. The second-order valence-electron chi connectivity index (χ2n) is 7.98. The Morgan fingerprint density at radius 1 is 0.941 bits per heavy atom. The molecule has 1 atom stereocenters. The lowest BCUT2D eigenvalue weighted by molar-refractivity contribution is -0.136. The van der Waals surface area contributed by atoms with Crippen LogP contribution in [0.25, 0.3) is 22.4 Å². The van der Waals surface area contributed by atoms with E-state index >= 15 is 0 Å². The van der Waals surface area contributed by atoms with Gasteiger partial charge in [-0.15, -0.1) is 0 Å². The zero-order chi connectivity index (χ0) is 24.1. The fraction of sp³-hybridized carbons (Fsp3) is 0.148. The quantitative estimate of drug-likeness (QED) is 0.373. The fourth-order valence-corrected chi connectivity index (χ4v) is 3.68. The molecule has 1 heterocycles. The highest BCUT2D eigenvalue weighted by Gasteiger charge is 2.17. The van der Waals surface area contributed by atoms with Gasteiger partial charge in [0.2, 0.25) is 0 Å². The second-order valence-corrected chi connectivity index (χ2v) is 7.98. The summed E-state index contributed by atoms with van der Waals surface area (Å²) in [5, 5.41) is 11.7. The third-order valence-corrected chi connectivity index (χ3v) is 5.51. The number of aromatic nitrogens is 2. The number of carbonyl (C=O) groups is 2. The highest BCUT2D eigenvalue weighted by molar-refractivity contribution is 5.89. The van der Waals surface area contributed by atoms with Crippen molar-refractivity contribution in [1.82, 2.24) is 9.55 Å². The van der Waals surface area contributed by atoms with Crippen LogP contribution < -0.4 is 5.32 Å². The van der Waals surface area contributed by atoms with Crippen LogP contribution in [0.2, 0.25) is 0 Å². The maximum Gasteiger partial charge on any atom is 0.413 e. The van der Waals surface area contributed by atoms with Crippen LogP contribution in [-0.2, 0) is 23.0 Å². The standard InChI is InChI=1S/C27H25N3O4/c1-18(20-6-4-3-5-7-20)34-27(33)29-26-25(28-17-30(26)2)23-14-12-22(13-15-23)21-10-8-19(9-11-21)16-24(31)32/h3-15,17-18H,16H2,1-2H3,(H,29,33)(H,31,32)/t18-/m1/s1. The van der Waals surface area contributed by atoms with E-state index in [2.05, 4.69) is 10.3 Å². The topological polar surface area (TPSA) is 93.4 Å². The monoisotopic (exact) mass is 455 g/mol. The van der Waals surface area contributed by atoms with E-state index in [4.69, 9.17) is 9.84 Å². The molecule has 7 heteroatoms. The minimum Gasteiger partial charge on any atom is -0.481 e. The zero-order valence-electron chi connectivity index (χ0n) is 18.9. The van der Waals surface area contributed by atoms with E-state index in [1.54, 1.807) is 17.9 Å². The molecule has 3 aromatic carbocycles. The van der Waals surface area contributed by atoms with Crippen LogP contribution in [0, 0.1) is 0 Å². The molecule has 172 valence electrons. The summed E-state index contributed by atoms with van der Waals surface area (Å²) in [6, 6.07) is 24.8. The molecule has 4 aromatic rings. The number of aryl methyl sites for hydroxylation is 1. The second kappa shape index (κ2) is 10.0. The first-order valence-electron chi connectivity index (χ1n) is 10.9. The molecule has 0 saturated carbocycles. The molecule has 7 nitrogen and oxygen atoms in total. The highest BCUT2D eigenvalue weighted by Crippen LogP contribution is 2.29. The van der Waals surface area contributed by atoms with Gasteiger partial charge in [0, 0.05) is 12.6 Å². The molecule has 1 amide bonds. The smallest absolute Gasteiger partial charge is 0.413 e. The largest absolute Gasteiger partial charge is 0.481 e. The summed E-state index contributed by atoms with van der Waals surface area (Å²) >= 11 is 0. The van der Waals surface area contributed by atoms with Gasteiger partial charge in [0.05, 0.1) is 12.7 Å². The van der Waals surface area contributed by atoms with Crippen molar-refractivity contribution in [2.45, 2.75) is 19.4 Å². The van der Waals surface area contributed by atoms with Gasteiger partial charge in [-0.1, -0.05) is 78.9 Å². The third-order valence-electron chi connectivity index (χ3n) is 5.51. The van der Waals surface area contributed by atoms with Crippen molar-refractivity contribution in [3.63, 3.8) is 0 Å². The number of ether oxygens (including phenoxy) is 1. The summed E-state index contributed by atoms with van der Waals surface area (Å²) in [4.78, 5) is 27.9. The SMILES string of the molecule is C[C@@H](OC(=O)Nc1c(-c2ccc(-c3ccc(CC(=O)O)cc3)cc2)ncn1C)c1ccccc1. The van der Waals surface area contributed by atoms with Gasteiger partial charge in [-0.25, -0.2) is 9.78 Å². The van der Waals surface area contributed by atoms with Crippen molar-refractivity contribution in [2.24, 2.45) is 7.05 Å². The van der Waals surface area contributed by atoms with Crippen molar-refractivity contribution < 1.29 is 19.4 Å². The number of nitrogens with zero attached hydrogens (tertiary/aromatic N) is 2. The molecular weight excluding hydrogens is 430 g/mol. The predicted octanol–water partition coefficient (Wildman–Crippen LogP) is 5.69. The first-order chi connectivity index (χ1) is 16.4. The lowest BCUT2D eigenvalue weighted by Crippen LogP contribution is -2.18. The molecular formula is C27H25N3O4. The van der Waals surface area contributed by atoms with Gasteiger partial charge >= 0.3 is 12.1 Å². The number of hydrogen-bond acceptors (Lipinski definition) is 4. The van der Waals surface area contributed by atoms with Gasteiger partial charge in [0.1, 0.15) is 17.6 Å². The van der Waals surface area contributed by atoms with E-state index in [-0.39, 0.29) is 12.5 Å². The summed E-state index contributed by atoms with van der Waals surface area (Å²) in [5.41, 5.74) is 5.12. The van der Waals surface area contributed by atoms with E-state index < -0.39 is 12.1 Å². The highest BCUT2D eigenvalue weighted by atomic mass is 16.6. The Morgan fingerprint density at radius 2 is 1.53 bits per heavy atom. The molecule has 0 aliphatic carbocycles. The first-order valence-corrected chi connectivity index (χ1v) is 10.9. The van der Waals surface area contributed by atoms with Crippen molar-refractivity contribution in [3.05, 3.63) is 96.3 Å². The van der Waals surface area contributed by atoms with Crippen LogP contribution in [0.1, 0.15) is 24.2 Å². The normalized spacial score (nSPS) is 11.6. The van der Waals surface area contributed by atoms with Crippen molar-refractivity contribution in [3.8, 4) is 22.4 Å². The third kappa shape index (κ3) is 5.32. The molecule has 0 spiro atoms. The van der Waals surface area contributed by atoms with Gasteiger partial charge in [-0.05, 0) is 29.2 Å². The Labute approximate surface area is 197 Å². The van der Waals surface area contributed by atoms with Gasteiger partial charge in [0.15, 0.2) is 0 Å². The minimum absolute atomic E-state index is 0.00122. The first kappa shape index (κ1) is 22.8. The summed E-state index contributed by atoms with van der Waals surface area (Å²) in [6.07, 6.45) is 0.695. The number of benzene rings is 3. The molecule has 34 heavy (non-hydrogen) atoms. The molecule has 0 saturated heterocycles. The maximum absolute atomic E-state index is 12.6. The van der Waals surface area contributed by atoms with Gasteiger partial charge < -0.3 is 14.4 Å². The molecule has 4 rings (SSSR count). The van der Waals surface area contributed by atoms with Crippen LogP contribution in [0.5, 0.6) is 0 Å². The number of nitrogens with one attached hydrogen (secondary N) is 1. The van der Waals surface area contributed by atoms with Crippen LogP contribution in [0.4, 0.5) is 10.6 Å². The molecule has 0 radical (unpaired) electrons. The number of carboxylic acids is 1. The van der Waals surface area contributed by atoms with E-state index in [0.29, 0.717) is 11.5 Å². The molecule has 2 N–H and O–H groups in total. The lowest BCUT2D eigenvalue weighted by Gasteiger charge is -2.15. The summed E-state index contributed by atoms with van der Waals surface area (Å²) < 4.78 is 7.27. The summed E-state index contributed by atoms with van der Waals surface area (Å²) in [7, 11) is 1.81. The van der Waals surface area contributed by atoms with Crippen molar-refractivity contribution in [2.75, 3.05) is 5.32 Å². The van der Waals surface area contributed by atoms with Crippen LogP contribution >= 0.6 is 0 Å². The van der Waals surface area contributed by atoms with Gasteiger partial charge in [0.25, 0.3) is 0 Å². The lowest BCUT2D eigenvalue weighted by atomic mass is 10.0. The molecule has 0 bridgehead atoms. The van der Waals surface area contributed by atoms with E-state index in [1.807, 2.05) is 85.8 Å². The van der Waals surface area contributed by atoms with Crippen LogP contribution in [0.15, 0.2) is 85.2 Å². The zero-order valence-corrected chi connectivity index (χ0v) is 18.9. The predicted molar refractivity (Wildman–Crippen MR) is 130 cm³/mol. The molecule has 0 aliphatic rings. The van der Waals surface area contributed by atoms with E-state index in [0.717, 1.165) is 27.8 Å². The Balaban J connectivity index is 1.48. The molecule has 0 fully saturated rings.